The van der Waals surface area contributed by atoms with Gasteiger partial charge in [0, 0.05) is 27.8 Å². The molecule has 3 aromatic carbocycles. The minimum absolute atomic E-state index is 0.0829. The van der Waals surface area contributed by atoms with Gasteiger partial charge in [0.05, 0.1) is 16.3 Å². The Kier molecular flexibility index (Phi) is 6.86. The third kappa shape index (κ3) is 5.24. The van der Waals surface area contributed by atoms with Crippen LogP contribution in [-0.4, -0.2) is 24.1 Å². The molecule has 0 spiro atoms. The monoisotopic (exact) mass is 470 g/mol. The highest BCUT2D eigenvalue weighted by atomic mass is 35.5. The second kappa shape index (κ2) is 9.77. The molecule has 31 heavy (non-hydrogen) atoms. The molecular weight excluding hydrogens is 451 g/mol. The summed E-state index contributed by atoms with van der Waals surface area (Å²) in [6.45, 7) is 0.744. The molecule has 1 N–H and O–H groups in total. The van der Waals surface area contributed by atoms with E-state index in [0.29, 0.717) is 27.0 Å². The van der Waals surface area contributed by atoms with E-state index in [-0.39, 0.29) is 11.8 Å². The van der Waals surface area contributed by atoms with Crippen molar-refractivity contribution in [2.24, 2.45) is 0 Å². The van der Waals surface area contributed by atoms with E-state index < -0.39 is 0 Å². The Morgan fingerprint density at radius 3 is 2.68 bits per heavy atom. The van der Waals surface area contributed by atoms with Crippen molar-refractivity contribution in [3.05, 3.63) is 87.9 Å². The average Bonchev–Trinajstić information content (AvgIpc) is 2.77. The van der Waals surface area contributed by atoms with Crippen LogP contribution in [0.2, 0.25) is 10.0 Å². The number of halogens is 2. The van der Waals surface area contributed by atoms with Crippen molar-refractivity contribution < 1.29 is 9.59 Å². The maximum absolute atomic E-state index is 12.9. The van der Waals surface area contributed by atoms with Gasteiger partial charge >= 0.3 is 0 Å². The number of nitrogens with zero attached hydrogens (tertiary/aromatic N) is 1. The average molecular weight is 471 g/mol. The lowest BCUT2D eigenvalue weighted by atomic mass is 10.0. The van der Waals surface area contributed by atoms with E-state index in [4.69, 9.17) is 23.2 Å². The normalized spacial score (nSPS) is 12.9. The minimum Gasteiger partial charge on any atom is -0.322 e. The second-order valence-corrected chi connectivity index (χ2v) is 9.06. The van der Waals surface area contributed by atoms with Gasteiger partial charge in [-0.25, -0.2) is 0 Å². The number of hydrogen-bond acceptors (Lipinski definition) is 3. The molecule has 1 aliphatic rings. The number of nitrogens with one attached hydrogen (secondary N) is 1. The zero-order chi connectivity index (χ0) is 21.8. The molecular formula is C24H20Cl2N2O2S. The smallest absolute Gasteiger partial charge is 0.257 e. The third-order valence-corrected chi connectivity index (χ3v) is 6.57. The molecule has 0 radical (unpaired) electrons. The van der Waals surface area contributed by atoms with Crippen LogP contribution in [0.4, 0.5) is 11.4 Å². The van der Waals surface area contributed by atoms with Gasteiger partial charge in [0.2, 0.25) is 5.91 Å². The summed E-state index contributed by atoms with van der Waals surface area (Å²) in [4.78, 5) is 28.2. The Balaban J connectivity index is 1.40. The van der Waals surface area contributed by atoms with Crippen LogP contribution < -0.4 is 10.2 Å². The van der Waals surface area contributed by atoms with Crippen LogP contribution in [0.5, 0.6) is 0 Å². The fraction of sp³-hybridized carbons (Fsp3) is 0.167. The first-order valence-corrected chi connectivity index (χ1v) is 11.6. The summed E-state index contributed by atoms with van der Waals surface area (Å²) in [6, 6.07) is 20.3. The number of fused-ring (bicyclic) bond motifs is 1. The van der Waals surface area contributed by atoms with Crippen molar-refractivity contribution in [3.8, 4) is 0 Å². The van der Waals surface area contributed by atoms with Crippen LogP contribution in [0.1, 0.15) is 22.3 Å². The van der Waals surface area contributed by atoms with Crippen LogP contribution in [0, 0.1) is 0 Å². The summed E-state index contributed by atoms with van der Waals surface area (Å²) in [7, 11) is 0. The van der Waals surface area contributed by atoms with Gasteiger partial charge in [-0.3, -0.25) is 9.59 Å². The first-order valence-electron chi connectivity index (χ1n) is 9.89. The standard InChI is InChI=1S/C24H20Cl2N2O2S/c25-17-10-11-20(21(26)13-17)24(30)27-18-7-3-8-19(14-18)31-15-23(29)28-12-4-6-16-5-1-2-9-22(16)28/h1-3,5,7-11,13-14H,4,6,12,15H2,(H,27,30). The molecule has 0 saturated heterocycles. The van der Waals surface area contributed by atoms with Crippen molar-refractivity contribution in [2.75, 3.05) is 22.5 Å². The summed E-state index contributed by atoms with van der Waals surface area (Å²) in [5.74, 6) is 0.0960. The Bertz CT molecular complexity index is 1140. The van der Waals surface area contributed by atoms with Gasteiger partial charge in [0.1, 0.15) is 0 Å². The number of benzene rings is 3. The third-order valence-electron chi connectivity index (χ3n) is 5.04. The molecule has 0 unspecified atom stereocenters. The van der Waals surface area contributed by atoms with Gasteiger partial charge in [0.15, 0.2) is 0 Å². The van der Waals surface area contributed by atoms with E-state index in [1.54, 1.807) is 18.2 Å². The van der Waals surface area contributed by atoms with Crippen molar-refractivity contribution in [1.29, 1.82) is 0 Å². The molecule has 2 amide bonds. The fourth-order valence-electron chi connectivity index (χ4n) is 3.55. The molecule has 158 valence electrons. The molecule has 0 atom stereocenters. The molecule has 0 bridgehead atoms. The summed E-state index contributed by atoms with van der Waals surface area (Å²) in [5, 5.41) is 3.62. The van der Waals surface area contributed by atoms with E-state index in [2.05, 4.69) is 11.4 Å². The molecule has 0 aromatic heterocycles. The van der Waals surface area contributed by atoms with Crippen LogP contribution in [0.15, 0.2) is 71.6 Å². The van der Waals surface area contributed by atoms with E-state index >= 15 is 0 Å². The molecule has 4 nitrogen and oxygen atoms in total. The molecule has 1 aliphatic heterocycles. The molecule has 0 fully saturated rings. The Labute approximate surface area is 195 Å². The predicted octanol–water partition coefficient (Wildman–Crippen LogP) is 6.32. The molecule has 1 heterocycles. The highest BCUT2D eigenvalue weighted by Gasteiger charge is 2.22. The lowest BCUT2D eigenvalue weighted by Crippen LogP contribution is -2.36. The number of carbonyl (C=O) groups excluding carboxylic acids is 2. The maximum atomic E-state index is 12.9. The van der Waals surface area contributed by atoms with E-state index in [9.17, 15) is 9.59 Å². The molecule has 7 heteroatoms. The van der Waals surface area contributed by atoms with Gasteiger partial charge in [-0.15, -0.1) is 11.8 Å². The predicted molar refractivity (Wildman–Crippen MR) is 129 cm³/mol. The number of thioether (sulfide) groups is 1. The molecule has 4 rings (SSSR count). The first kappa shape index (κ1) is 21.8. The minimum atomic E-state index is -0.315. The van der Waals surface area contributed by atoms with Crippen molar-refractivity contribution >= 4 is 58.2 Å². The maximum Gasteiger partial charge on any atom is 0.257 e. The number of hydrogen-bond donors (Lipinski definition) is 1. The van der Waals surface area contributed by atoms with Crippen LogP contribution in [-0.2, 0) is 11.2 Å². The largest absolute Gasteiger partial charge is 0.322 e. The number of para-hydroxylation sites is 1. The van der Waals surface area contributed by atoms with Crippen LogP contribution in [0.3, 0.4) is 0 Å². The Hall–Kier alpha value is -2.47. The molecule has 0 saturated carbocycles. The van der Waals surface area contributed by atoms with Gasteiger partial charge in [-0.1, -0.05) is 47.5 Å². The van der Waals surface area contributed by atoms with E-state index in [0.717, 1.165) is 30.0 Å². The van der Waals surface area contributed by atoms with Crippen molar-refractivity contribution in [1.82, 2.24) is 0 Å². The lowest BCUT2D eigenvalue weighted by molar-refractivity contribution is -0.116. The molecule has 0 aliphatic carbocycles. The van der Waals surface area contributed by atoms with Gasteiger partial charge in [-0.2, -0.15) is 0 Å². The fourth-order valence-corrected chi connectivity index (χ4v) is 4.88. The van der Waals surface area contributed by atoms with Crippen LogP contribution in [0.25, 0.3) is 0 Å². The second-order valence-electron chi connectivity index (χ2n) is 7.17. The summed E-state index contributed by atoms with van der Waals surface area (Å²) >= 11 is 13.5. The number of amides is 2. The number of rotatable bonds is 5. The van der Waals surface area contributed by atoms with Crippen LogP contribution >= 0.6 is 35.0 Å². The van der Waals surface area contributed by atoms with Crippen molar-refractivity contribution in [3.63, 3.8) is 0 Å². The number of anilines is 2. The van der Waals surface area contributed by atoms with Crippen molar-refractivity contribution in [2.45, 2.75) is 17.7 Å². The van der Waals surface area contributed by atoms with Gasteiger partial charge < -0.3 is 10.2 Å². The quantitative estimate of drug-likeness (QED) is 0.443. The summed E-state index contributed by atoms with van der Waals surface area (Å²) in [5.41, 5.74) is 3.22. The van der Waals surface area contributed by atoms with E-state index in [1.165, 1.54) is 23.4 Å². The SMILES string of the molecule is O=C(Nc1cccc(SCC(=O)N2CCCc3ccccc32)c1)c1ccc(Cl)cc1Cl. The Morgan fingerprint density at radius 2 is 1.84 bits per heavy atom. The zero-order valence-corrected chi connectivity index (χ0v) is 18.9. The van der Waals surface area contributed by atoms with E-state index in [1.807, 2.05) is 41.3 Å². The van der Waals surface area contributed by atoms with Gasteiger partial charge in [0.25, 0.3) is 5.91 Å². The summed E-state index contributed by atoms with van der Waals surface area (Å²) in [6.07, 6.45) is 1.98. The number of carbonyl (C=O) groups is 2. The summed E-state index contributed by atoms with van der Waals surface area (Å²) < 4.78 is 0. The Morgan fingerprint density at radius 1 is 1.00 bits per heavy atom. The topological polar surface area (TPSA) is 49.4 Å². The number of aryl methyl sites for hydroxylation is 1. The zero-order valence-electron chi connectivity index (χ0n) is 16.6. The highest BCUT2D eigenvalue weighted by molar-refractivity contribution is 8.00. The first-order chi connectivity index (χ1) is 15.0. The molecule has 3 aromatic rings. The lowest BCUT2D eigenvalue weighted by Gasteiger charge is -2.29. The van der Waals surface area contributed by atoms with Gasteiger partial charge in [-0.05, 0) is 60.9 Å². The highest BCUT2D eigenvalue weighted by Crippen LogP contribution is 2.29.